The first-order chi connectivity index (χ1) is 7.63. The Balaban J connectivity index is 2.62. The second kappa shape index (κ2) is 3.80. The molecule has 0 radical (unpaired) electrons. The first kappa shape index (κ1) is 10.4. The average molecular weight is 226 g/mol. The Morgan fingerprint density at radius 1 is 1.31 bits per heavy atom. The zero-order chi connectivity index (χ0) is 11.7. The highest BCUT2D eigenvalue weighted by Gasteiger charge is 2.18. The number of nitrogens with zero attached hydrogens (tertiary/aromatic N) is 1. The van der Waals surface area contributed by atoms with E-state index in [1.807, 2.05) is 0 Å². The van der Waals surface area contributed by atoms with Gasteiger partial charge in [0.25, 0.3) is 0 Å². The number of halogens is 2. The van der Waals surface area contributed by atoms with E-state index in [1.54, 1.807) is 0 Å². The molecule has 0 aliphatic carbocycles. The monoisotopic (exact) mass is 226 g/mol. The lowest BCUT2D eigenvalue weighted by molar-refractivity contribution is 0.407. The van der Waals surface area contributed by atoms with Gasteiger partial charge in [-0.1, -0.05) is 5.16 Å². The van der Waals surface area contributed by atoms with Crippen LogP contribution in [0.5, 0.6) is 5.75 Å². The molecule has 0 fully saturated rings. The van der Waals surface area contributed by atoms with E-state index in [2.05, 4.69) is 9.68 Å². The third kappa shape index (κ3) is 1.58. The van der Waals surface area contributed by atoms with Crippen molar-refractivity contribution >= 4 is 5.88 Å². The van der Waals surface area contributed by atoms with Crippen LogP contribution in [0.25, 0.3) is 11.1 Å². The van der Waals surface area contributed by atoms with E-state index in [-0.39, 0.29) is 22.8 Å². The highest BCUT2D eigenvalue weighted by Crippen LogP contribution is 2.32. The summed E-state index contributed by atoms with van der Waals surface area (Å²) in [4.78, 5) is 0. The Labute approximate surface area is 89.6 Å². The predicted molar refractivity (Wildman–Crippen MR) is 52.8 cm³/mol. The van der Waals surface area contributed by atoms with Gasteiger partial charge in [0, 0.05) is 12.1 Å². The van der Waals surface area contributed by atoms with Crippen LogP contribution in [0.3, 0.4) is 0 Å². The summed E-state index contributed by atoms with van der Waals surface area (Å²) in [5.74, 6) is -1.62. The fourth-order valence-corrected chi connectivity index (χ4v) is 1.36. The molecule has 6 heteroatoms. The first-order valence-electron chi connectivity index (χ1n) is 4.37. The van der Waals surface area contributed by atoms with Crippen LogP contribution in [0.1, 0.15) is 0 Å². The smallest absolute Gasteiger partial charge is 0.230 e. The van der Waals surface area contributed by atoms with Gasteiger partial charge in [0.15, 0.2) is 0 Å². The fourth-order valence-electron chi connectivity index (χ4n) is 1.36. The average Bonchev–Trinajstić information content (AvgIpc) is 2.64. The van der Waals surface area contributed by atoms with Crippen molar-refractivity contribution in [1.82, 2.24) is 5.16 Å². The number of hydrogen-bond donors (Lipinski definition) is 1. The lowest BCUT2D eigenvalue weighted by Crippen LogP contribution is -1.94. The van der Waals surface area contributed by atoms with E-state index in [0.29, 0.717) is 0 Å². The van der Waals surface area contributed by atoms with Crippen LogP contribution in [-0.2, 0) is 0 Å². The topological polar surface area (TPSA) is 61.3 Å². The van der Waals surface area contributed by atoms with Crippen molar-refractivity contribution in [1.29, 1.82) is 0 Å². The van der Waals surface area contributed by atoms with Crippen LogP contribution in [0.2, 0.25) is 0 Å². The molecule has 2 N–H and O–H groups in total. The molecular formula is C10H8F2N2O2. The maximum atomic E-state index is 13.6. The SMILES string of the molecule is COc1cc(F)c(-c2cnoc2N)c(F)c1. The van der Waals surface area contributed by atoms with E-state index >= 15 is 0 Å². The second-order valence-corrected chi connectivity index (χ2v) is 3.07. The quantitative estimate of drug-likeness (QED) is 0.852. The van der Waals surface area contributed by atoms with Crippen LogP contribution in [0.4, 0.5) is 14.7 Å². The summed E-state index contributed by atoms with van der Waals surface area (Å²) >= 11 is 0. The normalized spacial score (nSPS) is 10.4. The molecule has 0 aliphatic heterocycles. The number of benzene rings is 1. The molecule has 0 aliphatic rings. The number of hydrogen-bond acceptors (Lipinski definition) is 4. The van der Waals surface area contributed by atoms with Gasteiger partial charge < -0.3 is 15.0 Å². The molecule has 16 heavy (non-hydrogen) atoms. The fraction of sp³-hybridized carbons (Fsp3) is 0.100. The van der Waals surface area contributed by atoms with E-state index in [4.69, 9.17) is 10.5 Å². The highest BCUT2D eigenvalue weighted by molar-refractivity contribution is 5.73. The lowest BCUT2D eigenvalue weighted by atomic mass is 10.1. The van der Waals surface area contributed by atoms with Crippen molar-refractivity contribution in [3.05, 3.63) is 30.0 Å². The molecule has 2 rings (SSSR count). The molecule has 2 aromatic rings. The Kier molecular flexibility index (Phi) is 2.47. The number of aromatic nitrogens is 1. The van der Waals surface area contributed by atoms with Gasteiger partial charge in [-0.3, -0.25) is 0 Å². The van der Waals surface area contributed by atoms with Gasteiger partial charge in [0.2, 0.25) is 5.88 Å². The van der Waals surface area contributed by atoms with E-state index in [9.17, 15) is 8.78 Å². The third-order valence-electron chi connectivity index (χ3n) is 2.12. The van der Waals surface area contributed by atoms with Crippen LogP contribution < -0.4 is 10.5 Å². The number of nitrogens with two attached hydrogens (primary N) is 1. The highest BCUT2D eigenvalue weighted by atomic mass is 19.1. The van der Waals surface area contributed by atoms with E-state index in [0.717, 1.165) is 18.3 Å². The summed E-state index contributed by atoms with van der Waals surface area (Å²) in [5, 5.41) is 3.36. The second-order valence-electron chi connectivity index (χ2n) is 3.07. The Bertz CT molecular complexity index is 502. The Hall–Kier alpha value is -2.11. The summed E-state index contributed by atoms with van der Waals surface area (Å²) < 4.78 is 36.5. The molecule has 1 aromatic heterocycles. The maximum absolute atomic E-state index is 13.6. The van der Waals surface area contributed by atoms with Crippen molar-refractivity contribution in [3.8, 4) is 16.9 Å². The van der Waals surface area contributed by atoms with Crippen LogP contribution in [-0.4, -0.2) is 12.3 Å². The molecule has 0 unspecified atom stereocenters. The largest absolute Gasteiger partial charge is 0.497 e. The lowest BCUT2D eigenvalue weighted by Gasteiger charge is -2.05. The molecule has 1 heterocycles. The van der Waals surface area contributed by atoms with Crippen molar-refractivity contribution in [2.75, 3.05) is 12.8 Å². The van der Waals surface area contributed by atoms with Crippen LogP contribution in [0, 0.1) is 11.6 Å². The molecule has 84 valence electrons. The van der Waals surface area contributed by atoms with Gasteiger partial charge in [-0.05, 0) is 0 Å². The number of methoxy groups -OCH3 is 1. The summed E-state index contributed by atoms with van der Waals surface area (Å²) in [6.45, 7) is 0. The minimum atomic E-state index is -0.785. The summed E-state index contributed by atoms with van der Waals surface area (Å²) in [6.07, 6.45) is 1.16. The van der Waals surface area contributed by atoms with Crippen molar-refractivity contribution in [3.63, 3.8) is 0 Å². The van der Waals surface area contributed by atoms with Gasteiger partial charge in [-0.15, -0.1) is 0 Å². The number of anilines is 1. The molecule has 0 bridgehead atoms. The van der Waals surface area contributed by atoms with E-state index < -0.39 is 11.6 Å². The van der Waals surface area contributed by atoms with Gasteiger partial charge in [-0.25, -0.2) is 8.78 Å². The van der Waals surface area contributed by atoms with Gasteiger partial charge in [0.05, 0.1) is 24.4 Å². The first-order valence-corrected chi connectivity index (χ1v) is 4.37. The maximum Gasteiger partial charge on any atom is 0.230 e. The molecule has 4 nitrogen and oxygen atoms in total. The van der Waals surface area contributed by atoms with Gasteiger partial charge >= 0.3 is 0 Å². The van der Waals surface area contributed by atoms with Gasteiger partial charge in [-0.2, -0.15) is 0 Å². The molecule has 0 amide bonds. The number of nitrogen functional groups attached to an aromatic ring is 1. The number of ether oxygens (including phenoxy) is 1. The molecule has 0 spiro atoms. The standard InChI is InChI=1S/C10H8F2N2O2/c1-15-5-2-7(11)9(8(12)3-5)6-4-14-16-10(6)13/h2-4H,13H2,1H3. The zero-order valence-corrected chi connectivity index (χ0v) is 8.33. The number of rotatable bonds is 2. The molecule has 1 aromatic carbocycles. The van der Waals surface area contributed by atoms with E-state index in [1.165, 1.54) is 7.11 Å². The minimum Gasteiger partial charge on any atom is -0.497 e. The summed E-state index contributed by atoms with van der Waals surface area (Å²) in [5.41, 5.74) is 5.19. The predicted octanol–water partition coefficient (Wildman–Crippen LogP) is 2.21. The summed E-state index contributed by atoms with van der Waals surface area (Å²) in [6, 6.07) is 2.12. The summed E-state index contributed by atoms with van der Waals surface area (Å²) in [7, 11) is 1.32. The third-order valence-corrected chi connectivity index (χ3v) is 2.12. The molecule has 0 atom stereocenters. The zero-order valence-electron chi connectivity index (χ0n) is 8.33. The Morgan fingerprint density at radius 2 is 1.94 bits per heavy atom. The Morgan fingerprint density at radius 3 is 2.38 bits per heavy atom. The van der Waals surface area contributed by atoms with Crippen LogP contribution in [0.15, 0.2) is 22.9 Å². The van der Waals surface area contributed by atoms with Crippen molar-refractivity contribution in [2.45, 2.75) is 0 Å². The molecular weight excluding hydrogens is 218 g/mol. The van der Waals surface area contributed by atoms with Crippen LogP contribution >= 0.6 is 0 Å². The van der Waals surface area contributed by atoms with Crippen molar-refractivity contribution in [2.24, 2.45) is 0 Å². The van der Waals surface area contributed by atoms with Gasteiger partial charge in [0.1, 0.15) is 17.4 Å². The molecule has 0 saturated heterocycles. The molecule has 0 saturated carbocycles. The minimum absolute atomic E-state index is 0.0812. The van der Waals surface area contributed by atoms with Crippen molar-refractivity contribution < 1.29 is 18.0 Å².